The van der Waals surface area contributed by atoms with Crippen LogP contribution in [0.5, 0.6) is 0 Å². The number of ether oxygens (including phenoxy) is 2. The number of hydrogen-bond donors (Lipinski definition) is 1. The van der Waals surface area contributed by atoms with E-state index in [1.807, 2.05) is 30.0 Å². The van der Waals surface area contributed by atoms with E-state index in [4.69, 9.17) is 9.47 Å². The van der Waals surface area contributed by atoms with E-state index < -0.39 is 0 Å². The van der Waals surface area contributed by atoms with Gasteiger partial charge in [-0.3, -0.25) is 14.9 Å². The minimum atomic E-state index is 0.000946. The highest BCUT2D eigenvalue weighted by molar-refractivity contribution is 5.92. The zero-order valence-electron chi connectivity index (χ0n) is 14.9. The largest absolute Gasteiger partial charge is 0.376 e. The number of likely N-dealkylation sites (tertiary alicyclic amines) is 1. The maximum Gasteiger partial charge on any atom is 0.271 e. The van der Waals surface area contributed by atoms with E-state index in [2.05, 4.69) is 15.2 Å². The summed E-state index contributed by atoms with van der Waals surface area (Å²) in [5.74, 6) is 0.827. The summed E-state index contributed by atoms with van der Waals surface area (Å²) in [6, 6.07) is 7.68. The smallest absolute Gasteiger partial charge is 0.271 e. The van der Waals surface area contributed by atoms with E-state index in [-0.39, 0.29) is 12.0 Å². The molecule has 4 rings (SSSR count). The lowest BCUT2D eigenvalue weighted by Gasteiger charge is -2.19. The molecular formula is C19H24N4O3. The summed E-state index contributed by atoms with van der Waals surface area (Å²) in [5.41, 5.74) is 2.50. The summed E-state index contributed by atoms with van der Waals surface area (Å²) in [4.78, 5) is 18.8. The molecule has 0 aromatic carbocycles. The second-order valence-corrected chi connectivity index (χ2v) is 7.09. The van der Waals surface area contributed by atoms with Gasteiger partial charge >= 0.3 is 0 Å². The number of aryl methyl sites for hydroxylation is 1. The molecule has 4 heterocycles. The first kappa shape index (κ1) is 17.2. The van der Waals surface area contributed by atoms with Crippen molar-refractivity contribution in [3.05, 3.63) is 47.5 Å². The van der Waals surface area contributed by atoms with Crippen molar-refractivity contribution >= 4 is 5.91 Å². The van der Waals surface area contributed by atoms with Crippen molar-refractivity contribution in [3.63, 3.8) is 0 Å². The van der Waals surface area contributed by atoms with Gasteiger partial charge in [-0.2, -0.15) is 5.10 Å². The molecule has 2 saturated heterocycles. The number of aromatic nitrogens is 3. The fraction of sp³-hybridized carbons (Fsp3) is 0.526. The molecule has 2 fully saturated rings. The van der Waals surface area contributed by atoms with Crippen molar-refractivity contribution in [3.8, 4) is 0 Å². The number of carbonyl (C=O) groups excluding carboxylic acids is 1. The topological polar surface area (TPSA) is 80.3 Å². The molecule has 2 aromatic heterocycles. The number of rotatable bonds is 6. The molecule has 26 heavy (non-hydrogen) atoms. The highest BCUT2D eigenvalue weighted by Crippen LogP contribution is 2.35. The second kappa shape index (κ2) is 7.55. The molecule has 0 aliphatic carbocycles. The zero-order valence-corrected chi connectivity index (χ0v) is 14.9. The van der Waals surface area contributed by atoms with Crippen molar-refractivity contribution < 1.29 is 14.3 Å². The number of fused-ring (bicyclic) bond motifs is 1. The third-order valence-electron chi connectivity index (χ3n) is 5.29. The van der Waals surface area contributed by atoms with E-state index in [0.717, 1.165) is 31.0 Å². The molecule has 0 unspecified atom stereocenters. The standard InChI is InChI=1S/C19H24N4O3/c1-13-3-2-4-15(21-13)12-25-8-6-14-11-26-18-10-23(9-16(14)18)19(24)17-5-7-20-22-17/h2-5,7,14,16,18H,6,8-12H2,1H3,(H,20,22)/t14-,16-,18-/m0/s1. The quantitative estimate of drug-likeness (QED) is 0.799. The van der Waals surface area contributed by atoms with Crippen molar-refractivity contribution in [1.29, 1.82) is 0 Å². The van der Waals surface area contributed by atoms with Crippen LogP contribution >= 0.6 is 0 Å². The molecule has 2 aliphatic rings. The summed E-state index contributed by atoms with van der Waals surface area (Å²) >= 11 is 0. The summed E-state index contributed by atoms with van der Waals surface area (Å²) in [7, 11) is 0. The number of nitrogens with zero attached hydrogens (tertiary/aromatic N) is 3. The normalized spacial score (nSPS) is 24.8. The third-order valence-corrected chi connectivity index (χ3v) is 5.29. The number of aromatic amines is 1. The van der Waals surface area contributed by atoms with E-state index in [9.17, 15) is 4.79 Å². The van der Waals surface area contributed by atoms with Crippen LogP contribution in [0.25, 0.3) is 0 Å². The van der Waals surface area contributed by atoms with Crippen LogP contribution in [0.3, 0.4) is 0 Å². The number of nitrogens with one attached hydrogen (secondary N) is 1. The number of carbonyl (C=O) groups is 1. The molecule has 2 aromatic rings. The Kier molecular flexibility index (Phi) is 4.99. The first-order valence-corrected chi connectivity index (χ1v) is 9.11. The predicted octanol–water partition coefficient (Wildman–Crippen LogP) is 1.81. The van der Waals surface area contributed by atoms with Crippen LogP contribution in [0.4, 0.5) is 0 Å². The van der Waals surface area contributed by atoms with Crippen molar-refractivity contribution in [2.24, 2.45) is 11.8 Å². The van der Waals surface area contributed by atoms with Gasteiger partial charge in [-0.1, -0.05) is 6.07 Å². The summed E-state index contributed by atoms with van der Waals surface area (Å²) in [6.07, 6.45) is 2.69. The molecule has 0 radical (unpaired) electrons. The monoisotopic (exact) mass is 356 g/mol. The van der Waals surface area contributed by atoms with Gasteiger partial charge in [-0.25, -0.2) is 0 Å². The Morgan fingerprint density at radius 3 is 3.12 bits per heavy atom. The first-order chi connectivity index (χ1) is 12.7. The molecule has 138 valence electrons. The minimum Gasteiger partial charge on any atom is -0.376 e. The van der Waals surface area contributed by atoms with Crippen LogP contribution in [-0.4, -0.2) is 58.4 Å². The fourth-order valence-corrected chi connectivity index (χ4v) is 3.90. The number of hydrogen-bond acceptors (Lipinski definition) is 5. The molecule has 0 saturated carbocycles. The van der Waals surface area contributed by atoms with Gasteiger partial charge in [-0.15, -0.1) is 0 Å². The summed E-state index contributed by atoms with van der Waals surface area (Å²) in [6.45, 7) is 5.36. The van der Waals surface area contributed by atoms with E-state index >= 15 is 0 Å². The third kappa shape index (κ3) is 3.64. The van der Waals surface area contributed by atoms with Gasteiger partial charge < -0.3 is 14.4 Å². The zero-order chi connectivity index (χ0) is 17.9. The van der Waals surface area contributed by atoms with Crippen LogP contribution in [0, 0.1) is 18.8 Å². The van der Waals surface area contributed by atoms with Crippen molar-refractivity contribution in [2.45, 2.75) is 26.1 Å². The Morgan fingerprint density at radius 1 is 1.38 bits per heavy atom. The Morgan fingerprint density at radius 2 is 2.31 bits per heavy atom. The molecule has 7 heteroatoms. The Hall–Kier alpha value is -2.25. The fourth-order valence-electron chi connectivity index (χ4n) is 3.90. The molecule has 3 atom stereocenters. The van der Waals surface area contributed by atoms with E-state index in [1.165, 1.54) is 0 Å². The van der Waals surface area contributed by atoms with Gasteiger partial charge in [-0.05, 0) is 37.5 Å². The Balaban J connectivity index is 1.25. The lowest BCUT2D eigenvalue weighted by molar-refractivity contribution is 0.0642. The van der Waals surface area contributed by atoms with Gasteiger partial charge in [0.25, 0.3) is 5.91 Å². The van der Waals surface area contributed by atoms with Gasteiger partial charge in [0.1, 0.15) is 5.69 Å². The molecule has 7 nitrogen and oxygen atoms in total. The average molecular weight is 356 g/mol. The van der Waals surface area contributed by atoms with Crippen LogP contribution in [0.15, 0.2) is 30.5 Å². The van der Waals surface area contributed by atoms with Crippen LogP contribution in [-0.2, 0) is 16.1 Å². The van der Waals surface area contributed by atoms with Gasteiger partial charge in [0.2, 0.25) is 0 Å². The van der Waals surface area contributed by atoms with Crippen LogP contribution in [0.1, 0.15) is 28.3 Å². The summed E-state index contributed by atoms with van der Waals surface area (Å²) in [5, 5.41) is 6.60. The average Bonchev–Trinajstić information content (AvgIpc) is 3.36. The van der Waals surface area contributed by atoms with Gasteiger partial charge in [0.15, 0.2) is 0 Å². The predicted molar refractivity (Wildman–Crippen MR) is 94.5 cm³/mol. The highest BCUT2D eigenvalue weighted by atomic mass is 16.5. The maximum atomic E-state index is 12.5. The maximum absolute atomic E-state index is 12.5. The molecule has 0 spiro atoms. The second-order valence-electron chi connectivity index (χ2n) is 7.09. The SMILES string of the molecule is Cc1cccc(COCC[C@H]2CO[C@H]3CN(C(=O)c4ccn[nH]4)C[C@@H]23)n1. The van der Waals surface area contributed by atoms with Gasteiger partial charge in [0, 0.05) is 37.5 Å². The van der Waals surface area contributed by atoms with Crippen LogP contribution < -0.4 is 0 Å². The van der Waals surface area contributed by atoms with E-state index in [1.54, 1.807) is 12.3 Å². The lowest BCUT2D eigenvalue weighted by atomic mass is 9.91. The van der Waals surface area contributed by atoms with Gasteiger partial charge in [0.05, 0.1) is 25.0 Å². The minimum absolute atomic E-state index is 0.000946. The van der Waals surface area contributed by atoms with Crippen molar-refractivity contribution in [1.82, 2.24) is 20.1 Å². The molecule has 1 amide bonds. The first-order valence-electron chi connectivity index (χ1n) is 9.11. The highest BCUT2D eigenvalue weighted by Gasteiger charge is 2.45. The van der Waals surface area contributed by atoms with E-state index in [0.29, 0.717) is 37.3 Å². The number of amides is 1. The lowest BCUT2D eigenvalue weighted by Crippen LogP contribution is -2.31. The Bertz CT molecular complexity index is 749. The van der Waals surface area contributed by atoms with Crippen LogP contribution in [0.2, 0.25) is 0 Å². The van der Waals surface area contributed by atoms with Crippen molar-refractivity contribution in [2.75, 3.05) is 26.3 Å². The summed E-state index contributed by atoms with van der Waals surface area (Å²) < 4.78 is 11.7. The number of H-pyrrole nitrogens is 1. The molecular weight excluding hydrogens is 332 g/mol. The number of pyridine rings is 1. The molecule has 2 aliphatic heterocycles. The molecule has 0 bridgehead atoms. The Labute approximate surface area is 152 Å². The molecule has 1 N–H and O–H groups in total.